The summed E-state index contributed by atoms with van der Waals surface area (Å²) in [6.07, 6.45) is 0.807. The Bertz CT molecular complexity index is 850. The third kappa shape index (κ3) is 6.40. The summed E-state index contributed by atoms with van der Waals surface area (Å²) in [6, 6.07) is 10.4. The summed E-state index contributed by atoms with van der Waals surface area (Å²) >= 11 is 1.38. The van der Waals surface area contributed by atoms with Crippen LogP contribution in [0, 0.1) is 0 Å². The Balaban J connectivity index is 1.52. The van der Waals surface area contributed by atoms with Gasteiger partial charge in [-0.15, -0.1) is 0 Å². The van der Waals surface area contributed by atoms with Crippen LogP contribution in [-0.2, 0) is 16.0 Å². The first kappa shape index (κ1) is 23.0. The Hall–Kier alpha value is -2.68. The second kappa shape index (κ2) is 11.1. The standard InChI is InChI=1S/C22H31N5O3S/c1-4-30-22(29)26-14-12-25(13-15-26)20(28)10-11-27(17(2)3)21-23-19(24-31-21)16-18-8-6-5-7-9-18/h5-9,17H,4,10-16H2,1-3H3. The molecule has 8 nitrogen and oxygen atoms in total. The molecular formula is C22H31N5O3S. The van der Waals surface area contributed by atoms with Crippen LogP contribution in [0.15, 0.2) is 30.3 Å². The molecule has 168 valence electrons. The minimum absolute atomic E-state index is 0.100. The van der Waals surface area contributed by atoms with E-state index in [1.165, 1.54) is 17.1 Å². The summed E-state index contributed by atoms with van der Waals surface area (Å²) in [7, 11) is 0. The van der Waals surface area contributed by atoms with Gasteiger partial charge in [-0.25, -0.2) is 9.78 Å². The van der Waals surface area contributed by atoms with Crippen LogP contribution in [0.2, 0.25) is 0 Å². The van der Waals surface area contributed by atoms with Gasteiger partial charge in [-0.2, -0.15) is 4.37 Å². The van der Waals surface area contributed by atoms with E-state index in [-0.39, 0.29) is 18.0 Å². The summed E-state index contributed by atoms with van der Waals surface area (Å²) in [5, 5.41) is 0.848. The molecule has 2 amide bonds. The molecule has 0 spiro atoms. The molecule has 0 N–H and O–H groups in total. The van der Waals surface area contributed by atoms with E-state index in [4.69, 9.17) is 9.72 Å². The van der Waals surface area contributed by atoms with Crippen molar-refractivity contribution in [1.82, 2.24) is 19.2 Å². The lowest BCUT2D eigenvalue weighted by molar-refractivity contribution is -0.132. The summed E-state index contributed by atoms with van der Waals surface area (Å²) < 4.78 is 9.55. The number of hydrogen-bond donors (Lipinski definition) is 0. The van der Waals surface area contributed by atoms with E-state index in [0.29, 0.717) is 52.2 Å². The third-order valence-electron chi connectivity index (χ3n) is 5.26. The zero-order valence-corrected chi connectivity index (χ0v) is 19.3. The van der Waals surface area contributed by atoms with Crippen LogP contribution in [0.5, 0.6) is 0 Å². The van der Waals surface area contributed by atoms with Crippen LogP contribution in [0.25, 0.3) is 0 Å². The molecule has 1 aliphatic heterocycles. The van der Waals surface area contributed by atoms with Gasteiger partial charge in [-0.1, -0.05) is 30.3 Å². The van der Waals surface area contributed by atoms with Crippen molar-refractivity contribution in [3.05, 3.63) is 41.7 Å². The van der Waals surface area contributed by atoms with Crippen molar-refractivity contribution in [2.45, 2.75) is 39.7 Å². The Labute approximate surface area is 188 Å². The quantitative estimate of drug-likeness (QED) is 0.621. The number of ether oxygens (including phenoxy) is 1. The fourth-order valence-electron chi connectivity index (χ4n) is 3.51. The Morgan fingerprint density at radius 3 is 2.45 bits per heavy atom. The monoisotopic (exact) mass is 445 g/mol. The molecule has 1 aromatic heterocycles. The van der Waals surface area contributed by atoms with Crippen molar-refractivity contribution in [1.29, 1.82) is 0 Å². The first-order chi connectivity index (χ1) is 15.0. The van der Waals surface area contributed by atoms with Gasteiger partial charge in [0, 0.05) is 63.1 Å². The fraction of sp³-hybridized carbons (Fsp3) is 0.545. The van der Waals surface area contributed by atoms with E-state index in [2.05, 4.69) is 35.3 Å². The average molecular weight is 446 g/mol. The third-order valence-corrected chi connectivity index (χ3v) is 6.05. The second-order valence-corrected chi connectivity index (χ2v) is 8.49. The summed E-state index contributed by atoms with van der Waals surface area (Å²) in [6.45, 7) is 9.05. The summed E-state index contributed by atoms with van der Waals surface area (Å²) in [4.78, 5) is 34.9. The molecule has 0 bridgehead atoms. The molecule has 9 heteroatoms. The summed E-state index contributed by atoms with van der Waals surface area (Å²) in [5.41, 5.74) is 1.18. The number of aromatic nitrogens is 2. The number of benzene rings is 1. The molecule has 31 heavy (non-hydrogen) atoms. The minimum atomic E-state index is -0.303. The van der Waals surface area contributed by atoms with Crippen molar-refractivity contribution in [2.75, 3.05) is 44.2 Å². The number of piperazine rings is 1. The van der Waals surface area contributed by atoms with Crippen molar-refractivity contribution in [3.63, 3.8) is 0 Å². The molecule has 1 aliphatic rings. The Morgan fingerprint density at radius 2 is 1.81 bits per heavy atom. The smallest absolute Gasteiger partial charge is 0.409 e. The molecule has 2 aromatic rings. The van der Waals surface area contributed by atoms with Crippen LogP contribution >= 0.6 is 11.5 Å². The molecule has 1 aromatic carbocycles. The van der Waals surface area contributed by atoms with E-state index in [1.54, 1.807) is 11.8 Å². The van der Waals surface area contributed by atoms with Crippen LogP contribution in [0.4, 0.5) is 9.93 Å². The molecule has 0 unspecified atom stereocenters. The first-order valence-electron chi connectivity index (χ1n) is 10.8. The van der Waals surface area contributed by atoms with Gasteiger partial charge in [0.05, 0.1) is 6.61 Å². The predicted octanol–water partition coefficient (Wildman–Crippen LogP) is 3.03. The number of carbonyl (C=O) groups excluding carboxylic acids is 2. The zero-order valence-electron chi connectivity index (χ0n) is 18.5. The largest absolute Gasteiger partial charge is 0.450 e. The molecule has 0 radical (unpaired) electrons. The lowest BCUT2D eigenvalue weighted by Crippen LogP contribution is -2.51. The number of nitrogens with zero attached hydrogens (tertiary/aromatic N) is 5. The van der Waals surface area contributed by atoms with E-state index < -0.39 is 0 Å². The average Bonchev–Trinajstić information content (AvgIpc) is 3.22. The number of carbonyl (C=O) groups is 2. The number of hydrogen-bond acceptors (Lipinski definition) is 7. The van der Waals surface area contributed by atoms with Crippen LogP contribution in [0.3, 0.4) is 0 Å². The number of anilines is 1. The SMILES string of the molecule is CCOC(=O)N1CCN(C(=O)CCN(c2nc(Cc3ccccc3)ns2)C(C)C)CC1. The topological polar surface area (TPSA) is 78.9 Å². The maximum atomic E-state index is 12.7. The normalized spacial score (nSPS) is 14.1. The first-order valence-corrected chi connectivity index (χ1v) is 11.6. The van der Waals surface area contributed by atoms with Crippen molar-refractivity contribution < 1.29 is 14.3 Å². The van der Waals surface area contributed by atoms with Gasteiger partial charge >= 0.3 is 6.09 Å². The Morgan fingerprint density at radius 1 is 1.13 bits per heavy atom. The van der Waals surface area contributed by atoms with Gasteiger partial charge in [-0.3, -0.25) is 4.79 Å². The molecule has 0 saturated carbocycles. The maximum Gasteiger partial charge on any atom is 0.409 e. The van der Waals surface area contributed by atoms with E-state index in [9.17, 15) is 9.59 Å². The van der Waals surface area contributed by atoms with E-state index >= 15 is 0 Å². The lowest BCUT2D eigenvalue weighted by Gasteiger charge is -2.34. The second-order valence-electron chi connectivity index (χ2n) is 7.76. The van der Waals surface area contributed by atoms with Gasteiger partial charge in [0.25, 0.3) is 0 Å². The highest BCUT2D eigenvalue weighted by Gasteiger charge is 2.25. The summed E-state index contributed by atoms with van der Waals surface area (Å²) in [5.74, 6) is 0.904. The lowest BCUT2D eigenvalue weighted by atomic mass is 10.1. The number of rotatable bonds is 8. The van der Waals surface area contributed by atoms with Gasteiger partial charge in [0.15, 0.2) is 0 Å². The highest BCUT2D eigenvalue weighted by Crippen LogP contribution is 2.22. The van der Waals surface area contributed by atoms with Gasteiger partial charge in [0.1, 0.15) is 5.82 Å². The Kier molecular flexibility index (Phi) is 8.22. The van der Waals surface area contributed by atoms with Crippen molar-refractivity contribution in [3.8, 4) is 0 Å². The molecule has 0 aliphatic carbocycles. The van der Waals surface area contributed by atoms with E-state index in [1.807, 2.05) is 23.1 Å². The zero-order chi connectivity index (χ0) is 22.2. The minimum Gasteiger partial charge on any atom is -0.450 e. The van der Waals surface area contributed by atoms with Crippen LogP contribution in [-0.4, -0.2) is 76.5 Å². The molecule has 2 heterocycles. The van der Waals surface area contributed by atoms with Gasteiger partial charge in [0.2, 0.25) is 11.0 Å². The van der Waals surface area contributed by atoms with Crippen LogP contribution in [0.1, 0.15) is 38.6 Å². The molecule has 1 fully saturated rings. The van der Waals surface area contributed by atoms with E-state index in [0.717, 1.165) is 11.0 Å². The fourth-order valence-corrected chi connectivity index (χ4v) is 4.36. The molecule has 1 saturated heterocycles. The highest BCUT2D eigenvalue weighted by molar-refractivity contribution is 7.09. The van der Waals surface area contributed by atoms with Crippen molar-refractivity contribution >= 4 is 28.7 Å². The van der Waals surface area contributed by atoms with Gasteiger partial charge in [-0.05, 0) is 26.3 Å². The van der Waals surface area contributed by atoms with Crippen molar-refractivity contribution in [2.24, 2.45) is 0 Å². The van der Waals surface area contributed by atoms with Gasteiger partial charge < -0.3 is 19.4 Å². The van der Waals surface area contributed by atoms with Crippen LogP contribution < -0.4 is 4.90 Å². The molecule has 3 rings (SSSR count). The number of amides is 2. The maximum absolute atomic E-state index is 12.7. The molecular weight excluding hydrogens is 414 g/mol. The highest BCUT2D eigenvalue weighted by atomic mass is 32.1. The molecule has 0 atom stereocenters. The predicted molar refractivity (Wildman–Crippen MR) is 121 cm³/mol.